The lowest BCUT2D eigenvalue weighted by Crippen LogP contribution is -2.54. The van der Waals surface area contributed by atoms with E-state index in [2.05, 4.69) is 88.9 Å². The van der Waals surface area contributed by atoms with Gasteiger partial charge in [0.25, 0.3) is 0 Å². The van der Waals surface area contributed by atoms with Crippen LogP contribution in [0.3, 0.4) is 0 Å². The lowest BCUT2D eigenvalue weighted by molar-refractivity contribution is -0.133. The van der Waals surface area contributed by atoms with Gasteiger partial charge in [-0.15, -0.1) is 0 Å². The Kier molecular flexibility index (Phi) is 12.4. The molecule has 0 radical (unpaired) electrons. The number of hydrogen-bond donors (Lipinski definition) is 0. The lowest BCUT2D eigenvalue weighted by atomic mass is 10.0. The molecule has 8 rings (SSSR count). The maximum atomic E-state index is 13.1. The van der Waals surface area contributed by atoms with E-state index in [-0.39, 0.29) is 11.4 Å². The van der Waals surface area contributed by atoms with Crippen molar-refractivity contribution < 1.29 is 19.0 Å². The van der Waals surface area contributed by atoms with Crippen LogP contribution >= 0.6 is 0 Å². The van der Waals surface area contributed by atoms with Crippen molar-refractivity contribution in [2.75, 3.05) is 87.9 Å². The summed E-state index contributed by atoms with van der Waals surface area (Å²) < 4.78 is 16.5. The van der Waals surface area contributed by atoms with Crippen LogP contribution < -0.4 is 24.2 Å². The number of hydrogen-bond acceptors (Lipinski definition) is 12. The van der Waals surface area contributed by atoms with Crippen molar-refractivity contribution in [2.45, 2.75) is 58.7 Å². The number of benzene rings is 3. The van der Waals surface area contributed by atoms with Gasteiger partial charge in [-0.1, -0.05) is 36.4 Å². The summed E-state index contributed by atoms with van der Waals surface area (Å²) in [6.45, 7) is 14.9. The molecule has 5 aromatic rings. The Morgan fingerprint density at radius 2 is 1.32 bits per heavy atom. The zero-order chi connectivity index (χ0) is 41.6. The monoisotopic (exact) mass is 811 g/mol. The topological polar surface area (TPSA) is 113 Å². The first-order chi connectivity index (χ1) is 29.1. The molecular formula is C47H57N9O4. The molecule has 2 aromatic heterocycles. The van der Waals surface area contributed by atoms with Gasteiger partial charge in [0, 0.05) is 100 Å². The van der Waals surface area contributed by atoms with E-state index in [1.165, 1.54) is 0 Å². The standard InChI is InChI=1S/C47H57N9O4/c1-47(2,3)55-24-22-52(23-25-55)42(57)19-12-34-6-13-38(14-7-34)56-21-20-41-43(50-46(51-44(41)56)53-26-28-60-29-27-53)37-30-48-45(49-31-37)54(32-35-8-15-39(58-4)16-9-35)33-36-10-17-40(59-5)18-11-36/h6-11,13-18,30-31H,12,19-29,32-33H2,1-5H3. The highest BCUT2D eigenvalue weighted by molar-refractivity contribution is 5.78. The summed E-state index contributed by atoms with van der Waals surface area (Å²) in [4.78, 5) is 44.6. The van der Waals surface area contributed by atoms with Crippen LogP contribution in [0, 0.1) is 0 Å². The summed E-state index contributed by atoms with van der Waals surface area (Å²) >= 11 is 0. The summed E-state index contributed by atoms with van der Waals surface area (Å²) in [5.41, 5.74) is 7.37. The molecule has 3 aromatic carbocycles. The first-order valence-corrected chi connectivity index (χ1v) is 21.1. The van der Waals surface area contributed by atoms with Gasteiger partial charge in [-0.2, -0.15) is 4.98 Å². The molecule has 0 N–H and O–H groups in total. The molecule has 1 amide bonds. The highest BCUT2D eigenvalue weighted by atomic mass is 16.5. The summed E-state index contributed by atoms with van der Waals surface area (Å²) in [6.07, 6.45) is 5.81. The third kappa shape index (κ3) is 9.48. The van der Waals surface area contributed by atoms with Crippen molar-refractivity contribution in [2.24, 2.45) is 0 Å². The number of fused-ring (bicyclic) bond motifs is 1. The number of piperazine rings is 1. The molecular weight excluding hydrogens is 755 g/mol. The number of methoxy groups -OCH3 is 2. The third-order valence-electron chi connectivity index (χ3n) is 11.8. The second kappa shape index (κ2) is 18.2. The average molecular weight is 812 g/mol. The van der Waals surface area contributed by atoms with Gasteiger partial charge < -0.3 is 33.8 Å². The number of aromatic nitrogens is 4. The van der Waals surface area contributed by atoms with Crippen LogP contribution in [-0.4, -0.2) is 114 Å². The number of rotatable bonds is 13. The van der Waals surface area contributed by atoms with Crippen LogP contribution in [0.5, 0.6) is 11.5 Å². The molecule has 13 heteroatoms. The Morgan fingerprint density at radius 1 is 0.733 bits per heavy atom. The van der Waals surface area contributed by atoms with Crippen LogP contribution in [0.25, 0.3) is 11.3 Å². The second-order valence-corrected chi connectivity index (χ2v) is 16.7. The average Bonchev–Trinajstić information content (AvgIpc) is 3.72. The number of anilines is 4. The Hall–Kier alpha value is -5.79. The number of carbonyl (C=O) groups excluding carboxylic acids is 1. The molecule has 2 saturated heterocycles. The molecule has 0 spiro atoms. The zero-order valence-electron chi connectivity index (χ0n) is 35.6. The Morgan fingerprint density at radius 3 is 1.88 bits per heavy atom. The SMILES string of the molecule is COc1ccc(CN(Cc2ccc(OC)cc2)c2ncc(-c3nc(N4CCOCC4)nc4c3CCN4c3ccc(CCC(=O)N4CCN(C(C)(C)C)CC4)cc3)cn2)cc1. The van der Waals surface area contributed by atoms with Crippen molar-refractivity contribution in [1.82, 2.24) is 29.7 Å². The van der Waals surface area contributed by atoms with E-state index in [4.69, 9.17) is 34.1 Å². The summed E-state index contributed by atoms with van der Waals surface area (Å²) in [5.74, 6) is 4.08. The van der Waals surface area contributed by atoms with Gasteiger partial charge in [0.2, 0.25) is 17.8 Å². The fourth-order valence-corrected chi connectivity index (χ4v) is 8.22. The van der Waals surface area contributed by atoms with Gasteiger partial charge in [-0.3, -0.25) is 9.69 Å². The van der Waals surface area contributed by atoms with Crippen LogP contribution in [0.4, 0.5) is 23.4 Å². The fraction of sp³-hybridized carbons (Fsp3) is 0.426. The van der Waals surface area contributed by atoms with Crippen molar-refractivity contribution in [3.8, 4) is 22.8 Å². The zero-order valence-corrected chi connectivity index (χ0v) is 35.6. The van der Waals surface area contributed by atoms with Gasteiger partial charge in [0.05, 0.1) is 33.1 Å². The number of nitrogens with zero attached hydrogens (tertiary/aromatic N) is 9. The van der Waals surface area contributed by atoms with Gasteiger partial charge in [-0.05, 0) is 86.7 Å². The summed E-state index contributed by atoms with van der Waals surface area (Å²) in [6, 6.07) is 24.8. The number of ether oxygens (including phenoxy) is 3. The van der Waals surface area contributed by atoms with Crippen molar-refractivity contribution in [1.29, 1.82) is 0 Å². The Labute approximate surface area is 353 Å². The predicted octanol–water partition coefficient (Wildman–Crippen LogP) is 6.56. The molecule has 5 heterocycles. The quantitative estimate of drug-likeness (QED) is 0.128. The molecule has 0 saturated carbocycles. The Balaban J connectivity index is 1.02. The minimum atomic E-state index is 0.130. The first-order valence-electron chi connectivity index (χ1n) is 21.1. The van der Waals surface area contributed by atoms with Gasteiger partial charge in [-0.25, -0.2) is 15.0 Å². The lowest BCUT2D eigenvalue weighted by Gasteiger charge is -2.42. The van der Waals surface area contributed by atoms with E-state index in [9.17, 15) is 4.79 Å². The maximum Gasteiger partial charge on any atom is 0.228 e. The van der Waals surface area contributed by atoms with Crippen LogP contribution in [0.2, 0.25) is 0 Å². The highest BCUT2D eigenvalue weighted by Crippen LogP contribution is 2.39. The minimum Gasteiger partial charge on any atom is -0.497 e. The fourth-order valence-electron chi connectivity index (χ4n) is 8.22. The number of morpholine rings is 1. The smallest absolute Gasteiger partial charge is 0.228 e. The summed E-state index contributed by atoms with van der Waals surface area (Å²) in [5, 5.41) is 0. The molecule has 0 bridgehead atoms. The molecule has 13 nitrogen and oxygen atoms in total. The maximum absolute atomic E-state index is 13.1. The van der Waals surface area contributed by atoms with E-state index >= 15 is 0 Å². The highest BCUT2D eigenvalue weighted by Gasteiger charge is 2.30. The molecule has 314 valence electrons. The number of aryl methyl sites for hydroxylation is 1. The van der Waals surface area contributed by atoms with Crippen molar-refractivity contribution >= 4 is 29.3 Å². The molecule has 0 aliphatic carbocycles. The predicted molar refractivity (Wildman–Crippen MR) is 235 cm³/mol. The molecule has 3 aliphatic rings. The molecule has 0 unspecified atom stereocenters. The van der Waals surface area contributed by atoms with Crippen molar-refractivity contribution in [3.63, 3.8) is 0 Å². The van der Waals surface area contributed by atoms with E-state index in [0.29, 0.717) is 44.6 Å². The molecule has 3 aliphatic heterocycles. The van der Waals surface area contributed by atoms with Crippen LogP contribution in [-0.2, 0) is 35.5 Å². The third-order valence-corrected chi connectivity index (χ3v) is 11.8. The number of amides is 1. The van der Waals surface area contributed by atoms with E-state index in [1.807, 2.05) is 41.6 Å². The molecule has 60 heavy (non-hydrogen) atoms. The second-order valence-electron chi connectivity index (χ2n) is 16.7. The van der Waals surface area contributed by atoms with Gasteiger partial charge in [0.1, 0.15) is 17.3 Å². The van der Waals surface area contributed by atoms with Gasteiger partial charge >= 0.3 is 0 Å². The molecule has 0 atom stereocenters. The summed E-state index contributed by atoms with van der Waals surface area (Å²) in [7, 11) is 3.35. The van der Waals surface area contributed by atoms with E-state index in [0.717, 1.165) is 115 Å². The first kappa shape index (κ1) is 41.0. The minimum absolute atomic E-state index is 0.130. The van der Waals surface area contributed by atoms with Crippen LogP contribution in [0.15, 0.2) is 85.2 Å². The molecule has 2 fully saturated rings. The van der Waals surface area contributed by atoms with Gasteiger partial charge in [0.15, 0.2) is 0 Å². The van der Waals surface area contributed by atoms with E-state index < -0.39 is 0 Å². The number of carbonyl (C=O) groups is 1. The Bertz CT molecular complexity index is 2150. The van der Waals surface area contributed by atoms with Crippen molar-refractivity contribution in [3.05, 3.63) is 107 Å². The van der Waals surface area contributed by atoms with Crippen LogP contribution in [0.1, 0.15) is 49.4 Å². The van der Waals surface area contributed by atoms with E-state index in [1.54, 1.807) is 14.2 Å². The largest absolute Gasteiger partial charge is 0.497 e. The normalized spacial score (nSPS) is 15.8.